The van der Waals surface area contributed by atoms with Crippen molar-refractivity contribution in [1.29, 1.82) is 0 Å². The van der Waals surface area contributed by atoms with Crippen molar-refractivity contribution in [2.75, 3.05) is 19.6 Å². The summed E-state index contributed by atoms with van der Waals surface area (Å²) in [6.07, 6.45) is 5.82. The molecule has 15 heavy (non-hydrogen) atoms. The summed E-state index contributed by atoms with van der Waals surface area (Å²) in [5.74, 6) is 0.795. The van der Waals surface area contributed by atoms with Crippen LogP contribution in [-0.4, -0.2) is 36.5 Å². The van der Waals surface area contributed by atoms with E-state index in [9.17, 15) is 4.79 Å². The third-order valence-electron chi connectivity index (χ3n) is 3.71. The molecule has 1 saturated carbocycles. The van der Waals surface area contributed by atoms with E-state index in [4.69, 9.17) is 0 Å². The molecule has 0 aromatic rings. The van der Waals surface area contributed by atoms with Crippen molar-refractivity contribution in [3.63, 3.8) is 0 Å². The van der Waals surface area contributed by atoms with Crippen LogP contribution in [0.5, 0.6) is 0 Å². The predicted molar refractivity (Wildman–Crippen MR) is 60.6 cm³/mol. The second-order valence-corrected chi connectivity index (χ2v) is 4.81. The average molecular weight is 210 g/mol. The van der Waals surface area contributed by atoms with Crippen molar-refractivity contribution in [1.82, 2.24) is 10.2 Å². The van der Waals surface area contributed by atoms with E-state index < -0.39 is 0 Å². The molecular formula is C12H22N2O. The third kappa shape index (κ3) is 2.33. The van der Waals surface area contributed by atoms with Crippen molar-refractivity contribution in [3.05, 3.63) is 0 Å². The van der Waals surface area contributed by atoms with Crippen LogP contribution < -0.4 is 5.32 Å². The first-order chi connectivity index (χ1) is 7.33. The lowest BCUT2D eigenvalue weighted by Gasteiger charge is -2.40. The molecule has 86 valence electrons. The van der Waals surface area contributed by atoms with Gasteiger partial charge in [-0.1, -0.05) is 19.8 Å². The van der Waals surface area contributed by atoms with Gasteiger partial charge in [0, 0.05) is 31.6 Å². The van der Waals surface area contributed by atoms with Crippen molar-refractivity contribution in [2.24, 2.45) is 5.92 Å². The van der Waals surface area contributed by atoms with E-state index in [-0.39, 0.29) is 0 Å². The Morgan fingerprint density at radius 1 is 1.47 bits per heavy atom. The molecule has 1 aliphatic carbocycles. The Balaban J connectivity index is 1.93. The van der Waals surface area contributed by atoms with E-state index in [1.54, 1.807) is 0 Å². The SMILES string of the molecule is CCCC1CNCCN1C(=O)C1CCC1. The molecule has 1 N–H and O–H groups in total. The molecule has 1 unspecified atom stereocenters. The van der Waals surface area contributed by atoms with Crippen LogP contribution in [0.2, 0.25) is 0 Å². The van der Waals surface area contributed by atoms with Gasteiger partial charge in [-0.05, 0) is 19.3 Å². The Hall–Kier alpha value is -0.570. The molecule has 3 nitrogen and oxygen atoms in total. The fourth-order valence-electron chi connectivity index (χ4n) is 2.53. The summed E-state index contributed by atoms with van der Waals surface area (Å²) < 4.78 is 0. The van der Waals surface area contributed by atoms with Gasteiger partial charge in [-0.25, -0.2) is 0 Å². The lowest BCUT2D eigenvalue weighted by atomic mass is 9.83. The van der Waals surface area contributed by atoms with Crippen LogP contribution in [0.1, 0.15) is 39.0 Å². The minimum atomic E-state index is 0.363. The Kier molecular flexibility index (Phi) is 3.62. The van der Waals surface area contributed by atoms with E-state index in [1.165, 1.54) is 12.8 Å². The minimum Gasteiger partial charge on any atom is -0.337 e. The smallest absolute Gasteiger partial charge is 0.226 e. The highest BCUT2D eigenvalue weighted by molar-refractivity contribution is 5.80. The summed E-state index contributed by atoms with van der Waals surface area (Å²) in [6.45, 7) is 5.07. The number of nitrogens with one attached hydrogen (secondary N) is 1. The van der Waals surface area contributed by atoms with Gasteiger partial charge in [0.1, 0.15) is 0 Å². The summed E-state index contributed by atoms with van der Waals surface area (Å²) in [6, 6.07) is 0.455. The number of nitrogens with zero attached hydrogens (tertiary/aromatic N) is 1. The van der Waals surface area contributed by atoms with E-state index >= 15 is 0 Å². The largest absolute Gasteiger partial charge is 0.337 e. The van der Waals surface area contributed by atoms with Gasteiger partial charge in [-0.3, -0.25) is 4.79 Å². The molecule has 0 spiro atoms. The second kappa shape index (κ2) is 4.97. The van der Waals surface area contributed by atoms with Crippen LogP contribution in [-0.2, 0) is 4.79 Å². The van der Waals surface area contributed by atoms with Crippen LogP contribution in [0, 0.1) is 5.92 Å². The van der Waals surface area contributed by atoms with Gasteiger partial charge in [0.2, 0.25) is 5.91 Å². The first-order valence-electron chi connectivity index (χ1n) is 6.34. The summed E-state index contributed by atoms with van der Waals surface area (Å²) >= 11 is 0. The molecule has 2 rings (SSSR count). The topological polar surface area (TPSA) is 32.3 Å². The van der Waals surface area contributed by atoms with Gasteiger partial charge in [0.25, 0.3) is 0 Å². The molecule has 1 atom stereocenters. The Bertz CT molecular complexity index is 224. The van der Waals surface area contributed by atoms with Gasteiger partial charge < -0.3 is 10.2 Å². The highest BCUT2D eigenvalue weighted by Gasteiger charge is 2.33. The summed E-state index contributed by atoms with van der Waals surface area (Å²) in [4.78, 5) is 14.3. The highest BCUT2D eigenvalue weighted by atomic mass is 16.2. The number of carbonyl (C=O) groups is 1. The van der Waals surface area contributed by atoms with E-state index in [0.29, 0.717) is 17.9 Å². The van der Waals surface area contributed by atoms with Crippen LogP contribution in [0.3, 0.4) is 0 Å². The number of hydrogen-bond donors (Lipinski definition) is 1. The minimum absolute atomic E-state index is 0.363. The molecule has 2 aliphatic rings. The monoisotopic (exact) mass is 210 g/mol. The van der Waals surface area contributed by atoms with Crippen LogP contribution in [0.25, 0.3) is 0 Å². The van der Waals surface area contributed by atoms with Crippen molar-refractivity contribution in [3.8, 4) is 0 Å². The predicted octanol–water partition coefficient (Wildman–Crippen LogP) is 1.39. The summed E-state index contributed by atoms with van der Waals surface area (Å²) in [5.41, 5.74) is 0. The van der Waals surface area contributed by atoms with Gasteiger partial charge in [-0.2, -0.15) is 0 Å². The Morgan fingerprint density at radius 3 is 2.87 bits per heavy atom. The Morgan fingerprint density at radius 2 is 2.27 bits per heavy atom. The molecule has 0 radical (unpaired) electrons. The third-order valence-corrected chi connectivity index (χ3v) is 3.71. The van der Waals surface area contributed by atoms with Gasteiger partial charge in [0.05, 0.1) is 0 Å². The maximum absolute atomic E-state index is 12.2. The molecule has 1 heterocycles. The molecule has 1 aliphatic heterocycles. The molecule has 1 saturated heterocycles. The van der Waals surface area contributed by atoms with Crippen molar-refractivity contribution in [2.45, 2.75) is 45.1 Å². The lowest BCUT2D eigenvalue weighted by molar-refractivity contribution is -0.141. The molecular weight excluding hydrogens is 188 g/mol. The quantitative estimate of drug-likeness (QED) is 0.763. The number of amides is 1. The summed E-state index contributed by atoms with van der Waals surface area (Å²) in [7, 11) is 0. The van der Waals surface area contributed by atoms with Gasteiger partial charge in [0.15, 0.2) is 0 Å². The number of hydrogen-bond acceptors (Lipinski definition) is 2. The zero-order valence-electron chi connectivity index (χ0n) is 9.67. The fraction of sp³-hybridized carbons (Fsp3) is 0.917. The second-order valence-electron chi connectivity index (χ2n) is 4.81. The van der Waals surface area contributed by atoms with Crippen LogP contribution >= 0.6 is 0 Å². The molecule has 0 bridgehead atoms. The highest BCUT2D eigenvalue weighted by Crippen LogP contribution is 2.29. The molecule has 1 amide bonds. The van der Waals surface area contributed by atoms with E-state index in [0.717, 1.165) is 38.9 Å². The number of rotatable bonds is 3. The first kappa shape index (κ1) is 10.9. The standard InChI is InChI=1S/C12H22N2O/c1-2-4-11-9-13-7-8-14(11)12(15)10-5-3-6-10/h10-11,13H,2-9H2,1H3. The number of carbonyl (C=O) groups excluding carboxylic acids is 1. The van der Waals surface area contributed by atoms with Crippen LogP contribution in [0.15, 0.2) is 0 Å². The lowest BCUT2D eigenvalue weighted by Crippen LogP contribution is -2.55. The summed E-state index contributed by atoms with van der Waals surface area (Å²) in [5, 5.41) is 3.39. The normalized spacial score (nSPS) is 27.5. The zero-order valence-corrected chi connectivity index (χ0v) is 9.67. The van der Waals surface area contributed by atoms with Crippen molar-refractivity contribution >= 4 is 5.91 Å². The maximum Gasteiger partial charge on any atom is 0.226 e. The van der Waals surface area contributed by atoms with E-state index in [2.05, 4.69) is 17.1 Å². The van der Waals surface area contributed by atoms with E-state index in [1.807, 2.05) is 0 Å². The zero-order chi connectivity index (χ0) is 10.7. The fourth-order valence-corrected chi connectivity index (χ4v) is 2.53. The van der Waals surface area contributed by atoms with Crippen LogP contribution in [0.4, 0.5) is 0 Å². The number of piperazine rings is 1. The molecule has 0 aromatic heterocycles. The Labute approximate surface area is 92.2 Å². The molecule has 3 heteroatoms. The maximum atomic E-state index is 12.2. The first-order valence-corrected chi connectivity index (χ1v) is 6.34. The van der Waals surface area contributed by atoms with Gasteiger partial charge in [-0.15, -0.1) is 0 Å². The molecule has 0 aromatic carbocycles. The average Bonchev–Trinajstić information content (AvgIpc) is 2.16. The van der Waals surface area contributed by atoms with Crippen molar-refractivity contribution < 1.29 is 4.79 Å². The molecule has 2 fully saturated rings. The van der Waals surface area contributed by atoms with Gasteiger partial charge >= 0.3 is 0 Å².